The Hall–Kier alpha value is -3.45. The van der Waals surface area contributed by atoms with Gasteiger partial charge in [-0.2, -0.15) is 9.78 Å². The molecule has 3 N–H and O–H groups in total. The predicted molar refractivity (Wildman–Crippen MR) is 146 cm³/mol. The number of nitrogens with two attached hydrogens (primary N) is 1. The second-order valence-electron chi connectivity index (χ2n) is 9.28. The number of hydrogen-bond acceptors (Lipinski definition) is 8. The quantitative estimate of drug-likeness (QED) is 0.323. The minimum atomic E-state index is 0.257. The number of rotatable bonds is 7. The fourth-order valence-electron chi connectivity index (χ4n) is 4.52. The van der Waals surface area contributed by atoms with Gasteiger partial charge in [0.25, 0.3) is 0 Å². The highest BCUT2D eigenvalue weighted by Gasteiger charge is 2.23. The average Bonchev–Trinajstić information content (AvgIpc) is 3.31. The highest BCUT2D eigenvalue weighted by atomic mass is 35.5. The van der Waals surface area contributed by atoms with Crippen LogP contribution in [0.4, 0.5) is 11.8 Å². The molecule has 4 heterocycles. The lowest BCUT2D eigenvalue weighted by Gasteiger charge is -2.26. The molecule has 0 bridgehead atoms. The van der Waals surface area contributed by atoms with Gasteiger partial charge in [-0.1, -0.05) is 23.2 Å². The molecule has 1 aromatic carbocycles. The number of nitrogen functional groups attached to an aromatic ring is 1. The van der Waals surface area contributed by atoms with Gasteiger partial charge < -0.3 is 16.0 Å². The van der Waals surface area contributed by atoms with E-state index in [0.717, 1.165) is 49.4 Å². The summed E-state index contributed by atoms with van der Waals surface area (Å²) in [6, 6.07) is 12.9. The second-order valence-corrected chi connectivity index (χ2v) is 10.1. The van der Waals surface area contributed by atoms with Gasteiger partial charge >= 0.3 is 0 Å². The van der Waals surface area contributed by atoms with E-state index in [2.05, 4.69) is 22.2 Å². The summed E-state index contributed by atoms with van der Waals surface area (Å²) in [6.45, 7) is 2.69. The third kappa shape index (κ3) is 5.62. The summed E-state index contributed by atoms with van der Waals surface area (Å²) in [5.41, 5.74) is 9.27. The number of likely N-dealkylation sites (tertiary alicyclic amines) is 1. The van der Waals surface area contributed by atoms with Gasteiger partial charge in [0.1, 0.15) is 11.9 Å². The Labute approximate surface area is 225 Å². The molecule has 0 spiro atoms. The fraction of sp³-hybridized carbons (Fsp3) is 0.346. The summed E-state index contributed by atoms with van der Waals surface area (Å²) in [6.07, 6.45) is 3.54. The van der Waals surface area contributed by atoms with Crippen LogP contribution in [0.5, 0.6) is 0 Å². The van der Waals surface area contributed by atoms with E-state index in [-0.39, 0.29) is 5.82 Å². The number of pyridine rings is 1. The molecule has 4 aromatic rings. The maximum Gasteiger partial charge on any atom is 0.226 e. The maximum absolute atomic E-state index is 9.05. The first-order valence-corrected chi connectivity index (χ1v) is 13.0. The van der Waals surface area contributed by atoms with Crippen molar-refractivity contribution in [3.05, 3.63) is 63.5 Å². The molecule has 0 aliphatic carbocycles. The monoisotopic (exact) mass is 535 g/mol. The average molecular weight is 536 g/mol. The van der Waals surface area contributed by atoms with Crippen molar-refractivity contribution < 1.29 is 0 Å². The maximum atomic E-state index is 9.05. The van der Waals surface area contributed by atoms with Crippen LogP contribution >= 0.6 is 23.2 Å². The molecule has 0 amide bonds. The van der Waals surface area contributed by atoms with Crippen molar-refractivity contribution in [2.75, 3.05) is 37.7 Å². The summed E-state index contributed by atoms with van der Waals surface area (Å²) in [5.74, 6) is 2.01. The first kappa shape index (κ1) is 25.2. The Kier molecular flexibility index (Phi) is 7.42. The summed E-state index contributed by atoms with van der Waals surface area (Å²) in [7, 11) is 2.14. The molecule has 3 aromatic heterocycles. The molecule has 0 radical (unpaired) electrons. The Morgan fingerprint density at radius 2 is 1.92 bits per heavy atom. The van der Waals surface area contributed by atoms with Gasteiger partial charge in [0.2, 0.25) is 5.95 Å². The lowest BCUT2D eigenvalue weighted by atomic mass is 9.97. The van der Waals surface area contributed by atoms with E-state index >= 15 is 0 Å². The Morgan fingerprint density at radius 1 is 1.11 bits per heavy atom. The van der Waals surface area contributed by atoms with Crippen LogP contribution in [-0.4, -0.2) is 56.1 Å². The second kappa shape index (κ2) is 10.9. The van der Waals surface area contributed by atoms with Crippen LogP contribution in [0, 0.1) is 11.3 Å². The molecule has 1 aliphatic heterocycles. The smallest absolute Gasteiger partial charge is 0.226 e. The molecule has 0 atom stereocenters. The van der Waals surface area contributed by atoms with Crippen molar-refractivity contribution in [2.45, 2.75) is 31.6 Å². The molecule has 1 aliphatic rings. The summed E-state index contributed by atoms with van der Waals surface area (Å²) >= 11 is 12.6. The van der Waals surface area contributed by atoms with E-state index in [1.807, 2.05) is 24.3 Å². The number of hydrogen-bond donors (Lipinski definition) is 2. The van der Waals surface area contributed by atoms with E-state index in [9.17, 15) is 0 Å². The lowest BCUT2D eigenvalue weighted by Crippen LogP contribution is -2.29. The van der Waals surface area contributed by atoms with Gasteiger partial charge in [-0.3, -0.25) is 0 Å². The Morgan fingerprint density at radius 3 is 2.65 bits per heavy atom. The van der Waals surface area contributed by atoms with Crippen LogP contribution < -0.4 is 11.1 Å². The highest BCUT2D eigenvalue weighted by molar-refractivity contribution is 6.36. The predicted octanol–water partition coefficient (Wildman–Crippen LogP) is 4.80. The number of halogens is 2. The van der Waals surface area contributed by atoms with Gasteiger partial charge in [-0.15, -0.1) is 5.10 Å². The number of nitrogens with one attached hydrogen (secondary N) is 1. The minimum absolute atomic E-state index is 0.257. The minimum Gasteiger partial charge on any atom is -0.383 e. The summed E-state index contributed by atoms with van der Waals surface area (Å²) in [4.78, 5) is 16.4. The number of nitrogens with zero attached hydrogens (tertiary/aromatic N) is 7. The zero-order valence-corrected chi connectivity index (χ0v) is 22.0. The number of benzene rings is 1. The van der Waals surface area contributed by atoms with Crippen molar-refractivity contribution in [1.82, 2.24) is 29.5 Å². The standard InChI is InChI=1S/C26H27Cl2N9/c1-36-11-8-16(9-12-36)25-34-23-14-22(20-7-5-18(27)13-21(20)28)33-26(37(23)35-25)31-10-2-3-19-6-4-17(15-29)24(30)32-19/h4-7,13-14,16H,2-3,8-12H2,1H3,(H2,30,32)(H,31,33). The topological polar surface area (TPSA) is 121 Å². The normalized spacial score (nSPS) is 14.6. The van der Waals surface area contributed by atoms with E-state index in [0.29, 0.717) is 51.8 Å². The third-order valence-electron chi connectivity index (χ3n) is 6.63. The van der Waals surface area contributed by atoms with Gasteiger partial charge in [0, 0.05) is 34.8 Å². The van der Waals surface area contributed by atoms with Crippen molar-refractivity contribution in [2.24, 2.45) is 0 Å². The van der Waals surface area contributed by atoms with E-state index in [1.54, 1.807) is 22.7 Å². The number of piperidine rings is 1. The molecular weight excluding hydrogens is 509 g/mol. The largest absolute Gasteiger partial charge is 0.383 e. The van der Waals surface area contributed by atoms with Crippen LogP contribution in [0.2, 0.25) is 10.0 Å². The molecule has 190 valence electrons. The van der Waals surface area contributed by atoms with Crippen molar-refractivity contribution in [3.63, 3.8) is 0 Å². The van der Waals surface area contributed by atoms with Crippen molar-refractivity contribution in [3.8, 4) is 17.3 Å². The van der Waals surface area contributed by atoms with Crippen LogP contribution in [-0.2, 0) is 6.42 Å². The molecule has 1 fully saturated rings. The highest BCUT2D eigenvalue weighted by Crippen LogP contribution is 2.32. The van der Waals surface area contributed by atoms with E-state index < -0.39 is 0 Å². The van der Waals surface area contributed by atoms with Gasteiger partial charge in [0.05, 0.1) is 16.3 Å². The number of aryl methyl sites for hydroxylation is 1. The van der Waals surface area contributed by atoms with E-state index in [4.69, 9.17) is 49.3 Å². The zero-order chi connectivity index (χ0) is 25.9. The van der Waals surface area contributed by atoms with Gasteiger partial charge in [0.15, 0.2) is 11.5 Å². The first-order valence-electron chi connectivity index (χ1n) is 12.2. The van der Waals surface area contributed by atoms with Gasteiger partial charge in [-0.05, 0) is 76.2 Å². The fourth-order valence-corrected chi connectivity index (χ4v) is 5.02. The van der Waals surface area contributed by atoms with Crippen LogP contribution in [0.25, 0.3) is 16.9 Å². The van der Waals surface area contributed by atoms with Crippen LogP contribution in [0.1, 0.15) is 42.3 Å². The first-order chi connectivity index (χ1) is 17.9. The number of anilines is 2. The molecule has 1 saturated heterocycles. The molecule has 11 heteroatoms. The number of nitriles is 1. The molecule has 9 nitrogen and oxygen atoms in total. The summed E-state index contributed by atoms with van der Waals surface area (Å²) < 4.78 is 1.78. The zero-order valence-electron chi connectivity index (χ0n) is 20.5. The number of aromatic nitrogens is 5. The lowest BCUT2D eigenvalue weighted by molar-refractivity contribution is 0.251. The van der Waals surface area contributed by atoms with Crippen LogP contribution in [0.3, 0.4) is 0 Å². The van der Waals surface area contributed by atoms with E-state index in [1.165, 1.54) is 0 Å². The van der Waals surface area contributed by atoms with Crippen molar-refractivity contribution in [1.29, 1.82) is 5.26 Å². The Bertz CT molecular complexity index is 1470. The van der Waals surface area contributed by atoms with Gasteiger partial charge in [-0.25, -0.2) is 15.0 Å². The van der Waals surface area contributed by atoms with Crippen molar-refractivity contribution >= 4 is 40.6 Å². The third-order valence-corrected chi connectivity index (χ3v) is 7.18. The Balaban J connectivity index is 1.40. The number of fused-ring (bicyclic) bond motifs is 1. The molecular formula is C26H27Cl2N9. The molecule has 5 rings (SSSR count). The molecule has 0 saturated carbocycles. The molecule has 37 heavy (non-hydrogen) atoms. The summed E-state index contributed by atoms with van der Waals surface area (Å²) in [5, 5.41) is 18.4. The van der Waals surface area contributed by atoms with Crippen LogP contribution in [0.15, 0.2) is 36.4 Å². The molecule has 0 unspecified atom stereocenters. The SMILES string of the molecule is CN1CCC(c2nc3cc(-c4ccc(Cl)cc4Cl)nc(NCCCc4ccc(C#N)c(N)n4)n3n2)CC1.